The van der Waals surface area contributed by atoms with Crippen LogP contribution in [0.3, 0.4) is 0 Å². The largest absolute Gasteiger partial charge is 0.573 e. The molecule has 2 aromatic heterocycles. The Morgan fingerprint density at radius 2 is 2.00 bits per heavy atom. The fraction of sp³-hybridized carbons (Fsp3) is 0.0667. The van der Waals surface area contributed by atoms with E-state index in [1.165, 1.54) is 34.9 Å². The number of halogens is 3. The Morgan fingerprint density at radius 3 is 2.70 bits per heavy atom. The molecule has 1 aromatic carbocycles. The molecule has 0 aliphatic rings. The highest BCUT2D eigenvalue weighted by Gasteiger charge is 2.31. The first kappa shape index (κ1) is 14.9. The van der Waals surface area contributed by atoms with Crippen LogP contribution in [0.2, 0.25) is 0 Å². The van der Waals surface area contributed by atoms with Gasteiger partial charge in [-0.25, -0.2) is 9.78 Å². The van der Waals surface area contributed by atoms with Gasteiger partial charge < -0.3 is 14.2 Å². The molecule has 23 heavy (non-hydrogen) atoms. The summed E-state index contributed by atoms with van der Waals surface area (Å²) in [4.78, 5) is 15.4. The molecule has 0 atom stereocenters. The predicted octanol–water partition coefficient (Wildman–Crippen LogP) is 3.60. The fourth-order valence-electron chi connectivity index (χ4n) is 2.17. The average Bonchev–Trinajstić information content (AvgIpc) is 2.89. The maximum Gasteiger partial charge on any atom is 0.573 e. The van der Waals surface area contributed by atoms with E-state index in [2.05, 4.69) is 9.72 Å². The van der Waals surface area contributed by atoms with Crippen molar-refractivity contribution < 1.29 is 27.8 Å². The molecule has 0 spiro atoms. The molecule has 8 heteroatoms. The topological polar surface area (TPSA) is 63.8 Å². The van der Waals surface area contributed by atoms with Crippen molar-refractivity contribution >= 4 is 11.6 Å². The molecule has 0 aliphatic heterocycles. The van der Waals surface area contributed by atoms with Gasteiger partial charge in [-0.05, 0) is 24.3 Å². The number of carboxylic acid groups (broad SMARTS) is 1. The summed E-state index contributed by atoms with van der Waals surface area (Å²) in [6.07, 6.45) is -1.64. The average molecular weight is 322 g/mol. The molecule has 0 unspecified atom stereocenters. The minimum Gasteiger partial charge on any atom is -0.478 e. The number of nitrogens with zero attached hydrogens (tertiary/aromatic N) is 2. The number of imidazole rings is 1. The van der Waals surface area contributed by atoms with E-state index in [1.54, 1.807) is 18.3 Å². The highest BCUT2D eigenvalue weighted by atomic mass is 19.4. The van der Waals surface area contributed by atoms with Gasteiger partial charge in [-0.2, -0.15) is 0 Å². The van der Waals surface area contributed by atoms with E-state index < -0.39 is 12.3 Å². The number of alkyl halides is 3. The third-order valence-electron chi connectivity index (χ3n) is 3.08. The van der Waals surface area contributed by atoms with Gasteiger partial charge in [-0.1, -0.05) is 12.1 Å². The SMILES string of the molecule is O=C(O)c1cccn2cc(-c3cccc(OC(F)(F)F)c3)nc12. The highest BCUT2D eigenvalue weighted by Crippen LogP contribution is 2.28. The van der Waals surface area contributed by atoms with E-state index in [0.29, 0.717) is 11.3 Å². The number of hydrogen-bond donors (Lipinski definition) is 1. The molecule has 3 rings (SSSR count). The number of carboxylic acids is 1. The lowest BCUT2D eigenvalue weighted by atomic mass is 10.1. The number of hydrogen-bond acceptors (Lipinski definition) is 3. The lowest BCUT2D eigenvalue weighted by molar-refractivity contribution is -0.274. The Kier molecular flexibility index (Phi) is 3.44. The van der Waals surface area contributed by atoms with Gasteiger partial charge in [-0.3, -0.25) is 0 Å². The summed E-state index contributed by atoms with van der Waals surface area (Å²) in [6.45, 7) is 0. The lowest BCUT2D eigenvalue weighted by Crippen LogP contribution is -2.17. The Labute approximate surface area is 127 Å². The van der Waals surface area contributed by atoms with Crippen LogP contribution in [0.1, 0.15) is 10.4 Å². The lowest BCUT2D eigenvalue weighted by Gasteiger charge is -2.09. The summed E-state index contributed by atoms with van der Waals surface area (Å²) < 4.78 is 42.2. The van der Waals surface area contributed by atoms with Gasteiger partial charge in [-0.15, -0.1) is 13.2 Å². The minimum absolute atomic E-state index is 0.00134. The van der Waals surface area contributed by atoms with E-state index in [9.17, 15) is 18.0 Å². The second-order valence-corrected chi connectivity index (χ2v) is 4.66. The van der Waals surface area contributed by atoms with Crippen molar-refractivity contribution in [1.82, 2.24) is 9.38 Å². The second-order valence-electron chi connectivity index (χ2n) is 4.66. The number of aromatic nitrogens is 2. The summed E-state index contributed by atoms with van der Waals surface area (Å²) in [6, 6.07) is 8.28. The van der Waals surface area contributed by atoms with Crippen molar-refractivity contribution in [3.8, 4) is 17.0 Å². The smallest absolute Gasteiger partial charge is 0.478 e. The molecule has 0 aliphatic carbocycles. The van der Waals surface area contributed by atoms with Crippen molar-refractivity contribution in [3.63, 3.8) is 0 Å². The monoisotopic (exact) mass is 322 g/mol. The Morgan fingerprint density at radius 1 is 1.22 bits per heavy atom. The molecule has 5 nitrogen and oxygen atoms in total. The zero-order chi connectivity index (χ0) is 16.6. The third kappa shape index (κ3) is 3.10. The first-order valence-corrected chi connectivity index (χ1v) is 6.41. The van der Waals surface area contributed by atoms with Gasteiger partial charge in [0.15, 0.2) is 5.65 Å². The molecule has 0 bridgehead atoms. The first-order chi connectivity index (χ1) is 10.8. The van der Waals surface area contributed by atoms with Gasteiger partial charge in [0.25, 0.3) is 0 Å². The minimum atomic E-state index is -4.78. The molecule has 0 saturated heterocycles. The van der Waals surface area contributed by atoms with Gasteiger partial charge in [0.05, 0.1) is 5.69 Å². The van der Waals surface area contributed by atoms with Crippen LogP contribution in [0, 0.1) is 0 Å². The maximum absolute atomic E-state index is 12.3. The second kappa shape index (κ2) is 5.31. The van der Waals surface area contributed by atoms with Crippen molar-refractivity contribution in [2.75, 3.05) is 0 Å². The Hall–Kier alpha value is -3.03. The summed E-state index contributed by atoms with van der Waals surface area (Å²) in [5, 5.41) is 9.14. The molecule has 0 radical (unpaired) electrons. The predicted molar refractivity (Wildman–Crippen MR) is 74.3 cm³/mol. The summed E-state index contributed by atoms with van der Waals surface area (Å²) in [7, 11) is 0. The Bertz CT molecular complexity index is 887. The van der Waals surface area contributed by atoms with E-state index in [-0.39, 0.29) is 17.0 Å². The fourth-order valence-corrected chi connectivity index (χ4v) is 2.17. The number of ether oxygens (including phenoxy) is 1. The summed E-state index contributed by atoms with van der Waals surface area (Å²) in [5.41, 5.74) is 0.928. The van der Waals surface area contributed by atoms with Crippen LogP contribution in [-0.4, -0.2) is 26.8 Å². The zero-order valence-corrected chi connectivity index (χ0v) is 11.4. The van der Waals surface area contributed by atoms with Crippen molar-refractivity contribution in [2.24, 2.45) is 0 Å². The van der Waals surface area contributed by atoms with E-state index in [4.69, 9.17) is 5.11 Å². The Balaban J connectivity index is 2.05. The number of aromatic carboxylic acids is 1. The van der Waals surface area contributed by atoms with Crippen molar-refractivity contribution in [3.05, 3.63) is 54.4 Å². The molecule has 0 saturated carbocycles. The van der Waals surface area contributed by atoms with Gasteiger partial charge >= 0.3 is 12.3 Å². The van der Waals surface area contributed by atoms with Crippen LogP contribution in [0.15, 0.2) is 48.8 Å². The molecule has 0 amide bonds. The first-order valence-electron chi connectivity index (χ1n) is 6.41. The van der Waals surface area contributed by atoms with Crippen LogP contribution in [0.25, 0.3) is 16.9 Å². The van der Waals surface area contributed by atoms with Crippen molar-refractivity contribution in [1.29, 1.82) is 0 Å². The molecule has 3 aromatic rings. The van der Waals surface area contributed by atoms with Crippen LogP contribution in [-0.2, 0) is 0 Å². The highest BCUT2D eigenvalue weighted by molar-refractivity contribution is 5.94. The van der Waals surface area contributed by atoms with Gasteiger partial charge in [0.1, 0.15) is 11.3 Å². The molecule has 1 N–H and O–H groups in total. The van der Waals surface area contributed by atoms with Crippen LogP contribution >= 0.6 is 0 Å². The number of benzene rings is 1. The standard InChI is InChI=1S/C15H9F3N2O3/c16-15(17,18)23-10-4-1-3-9(7-10)12-8-20-6-2-5-11(14(21)22)13(20)19-12/h1-8H,(H,21,22). The van der Waals surface area contributed by atoms with Crippen molar-refractivity contribution in [2.45, 2.75) is 6.36 Å². The molecule has 2 heterocycles. The summed E-state index contributed by atoms with van der Waals surface area (Å²) >= 11 is 0. The van der Waals surface area contributed by atoms with E-state index in [1.807, 2.05) is 0 Å². The summed E-state index contributed by atoms with van der Waals surface area (Å²) in [5.74, 6) is -1.51. The van der Waals surface area contributed by atoms with Gasteiger partial charge in [0, 0.05) is 18.0 Å². The molecule has 118 valence electrons. The molecular weight excluding hydrogens is 313 g/mol. The van der Waals surface area contributed by atoms with Crippen LogP contribution < -0.4 is 4.74 Å². The van der Waals surface area contributed by atoms with E-state index >= 15 is 0 Å². The maximum atomic E-state index is 12.3. The van der Waals surface area contributed by atoms with Crippen LogP contribution in [0.5, 0.6) is 5.75 Å². The number of fused-ring (bicyclic) bond motifs is 1. The normalized spacial score (nSPS) is 11.6. The number of rotatable bonds is 3. The molecular formula is C15H9F3N2O3. The number of carbonyl (C=O) groups is 1. The van der Waals surface area contributed by atoms with Crippen LogP contribution in [0.4, 0.5) is 13.2 Å². The van der Waals surface area contributed by atoms with Gasteiger partial charge in [0.2, 0.25) is 0 Å². The van der Waals surface area contributed by atoms with E-state index in [0.717, 1.165) is 0 Å². The zero-order valence-electron chi connectivity index (χ0n) is 11.4. The molecule has 0 fully saturated rings. The third-order valence-corrected chi connectivity index (χ3v) is 3.08. The number of pyridine rings is 1. The quantitative estimate of drug-likeness (QED) is 0.800.